The summed E-state index contributed by atoms with van der Waals surface area (Å²) in [6, 6.07) is 5.06. The molecule has 0 saturated carbocycles. The van der Waals surface area contributed by atoms with E-state index in [1.807, 2.05) is 20.8 Å². The van der Waals surface area contributed by atoms with Crippen molar-refractivity contribution in [3.05, 3.63) is 23.8 Å². The lowest BCUT2D eigenvalue weighted by molar-refractivity contribution is 0.240. The number of nitrogens with one attached hydrogen (secondary N) is 1. The van der Waals surface area contributed by atoms with Crippen molar-refractivity contribution in [3.8, 4) is 5.75 Å². The topological polar surface area (TPSA) is 58.6 Å². The Morgan fingerprint density at radius 2 is 1.90 bits per heavy atom. The molecule has 1 saturated heterocycles. The van der Waals surface area contributed by atoms with E-state index < -0.39 is 10.0 Å². The summed E-state index contributed by atoms with van der Waals surface area (Å²) in [6.45, 7) is 8.21. The van der Waals surface area contributed by atoms with Gasteiger partial charge in [-0.3, -0.25) is 0 Å². The minimum absolute atomic E-state index is 0.0735. The summed E-state index contributed by atoms with van der Waals surface area (Å²) < 4.78 is 32.2. The fourth-order valence-corrected chi connectivity index (χ4v) is 3.73. The van der Waals surface area contributed by atoms with Crippen LogP contribution in [0.3, 0.4) is 0 Å². The Bertz CT molecular complexity index is 564. The molecule has 1 aromatic rings. The quantitative estimate of drug-likeness (QED) is 0.912. The van der Waals surface area contributed by atoms with E-state index >= 15 is 0 Å². The van der Waals surface area contributed by atoms with Crippen molar-refractivity contribution in [1.29, 1.82) is 0 Å². The Kier molecular flexibility index (Phi) is 4.67. The highest BCUT2D eigenvalue weighted by molar-refractivity contribution is 7.89. The molecular formula is C14H22N2O3S. The first-order valence-corrected chi connectivity index (χ1v) is 8.33. The first-order valence-electron chi connectivity index (χ1n) is 6.89. The van der Waals surface area contributed by atoms with Gasteiger partial charge in [0.2, 0.25) is 10.0 Å². The third kappa shape index (κ3) is 3.31. The lowest BCUT2D eigenvalue weighted by Crippen LogP contribution is -2.46. The maximum atomic E-state index is 12.5. The van der Waals surface area contributed by atoms with Crippen molar-refractivity contribution in [2.45, 2.75) is 31.8 Å². The predicted octanol–water partition coefficient (Wildman–Crippen LogP) is 1.38. The van der Waals surface area contributed by atoms with Crippen LogP contribution >= 0.6 is 0 Å². The second-order valence-corrected chi connectivity index (χ2v) is 7.19. The molecule has 1 aliphatic heterocycles. The van der Waals surface area contributed by atoms with E-state index in [9.17, 15) is 8.42 Å². The van der Waals surface area contributed by atoms with E-state index in [2.05, 4.69) is 5.32 Å². The number of aryl methyl sites for hydroxylation is 1. The molecule has 0 aliphatic carbocycles. The highest BCUT2D eigenvalue weighted by Gasteiger charge is 2.26. The molecule has 5 nitrogen and oxygen atoms in total. The number of hydrogen-bond acceptors (Lipinski definition) is 4. The van der Waals surface area contributed by atoms with Crippen molar-refractivity contribution in [2.24, 2.45) is 0 Å². The van der Waals surface area contributed by atoms with Crippen LogP contribution in [0.15, 0.2) is 23.1 Å². The Hall–Kier alpha value is -1.11. The molecule has 0 unspecified atom stereocenters. The zero-order valence-corrected chi connectivity index (χ0v) is 13.0. The van der Waals surface area contributed by atoms with Crippen LogP contribution < -0.4 is 10.1 Å². The Morgan fingerprint density at radius 1 is 1.25 bits per heavy atom. The largest absolute Gasteiger partial charge is 0.491 e. The molecular weight excluding hydrogens is 276 g/mol. The summed E-state index contributed by atoms with van der Waals surface area (Å²) in [5.41, 5.74) is 0.843. The number of sulfonamides is 1. The predicted molar refractivity (Wildman–Crippen MR) is 78.6 cm³/mol. The van der Waals surface area contributed by atoms with Crippen LogP contribution in [0.1, 0.15) is 19.4 Å². The van der Waals surface area contributed by atoms with Gasteiger partial charge >= 0.3 is 0 Å². The highest BCUT2D eigenvalue weighted by atomic mass is 32.2. The first kappa shape index (κ1) is 15.3. The number of ether oxygens (including phenoxy) is 1. The fraction of sp³-hybridized carbons (Fsp3) is 0.571. The lowest BCUT2D eigenvalue weighted by atomic mass is 10.2. The minimum atomic E-state index is -3.39. The van der Waals surface area contributed by atoms with Crippen molar-refractivity contribution in [3.63, 3.8) is 0 Å². The van der Waals surface area contributed by atoms with Crippen LogP contribution in [0.5, 0.6) is 5.75 Å². The molecule has 0 spiro atoms. The van der Waals surface area contributed by atoms with Gasteiger partial charge in [0.1, 0.15) is 5.75 Å². The summed E-state index contributed by atoms with van der Waals surface area (Å²) in [6.07, 6.45) is 0.0735. The molecule has 0 atom stereocenters. The van der Waals surface area contributed by atoms with Crippen LogP contribution in [0.2, 0.25) is 0 Å². The van der Waals surface area contributed by atoms with E-state index in [0.29, 0.717) is 31.1 Å². The maximum Gasteiger partial charge on any atom is 0.243 e. The van der Waals surface area contributed by atoms with Gasteiger partial charge in [-0.2, -0.15) is 4.31 Å². The molecule has 1 aliphatic rings. The van der Waals surface area contributed by atoms with E-state index in [1.165, 1.54) is 4.31 Å². The molecule has 0 amide bonds. The average Bonchev–Trinajstić information content (AvgIpc) is 2.41. The Labute approximate surface area is 121 Å². The summed E-state index contributed by atoms with van der Waals surface area (Å²) in [4.78, 5) is 0.341. The number of nitrogens with zero attached hydrogens (tertiary/aromatic N) is 1. The van der Waals surface area contributed by atoms with E-state index in [-0.39, 0.29) is 6.10 Å². The highest BCUT2D eigenvalue weighted by Crippen LogP contribution is 2.25. The van der Waals surface area contributed by atoms with Gasteiger partial charge in [-0.15, -0.1) is 0 Å². The third-order valence-corrected chi connectivity index (χ3v) is 5.12. The number of piperazine rings is 1. The number of benzene rings is 1. The molecule has 2 rings (SSSR count). The van der Waals surface area contributed by atoms with Crippen LogP contribution in [0.4, 0.5) is 0 Å². The molecule has 0 radical (unpaired) electrons. The van der Waals surface area contributed by atoms with E-state index in [0.717, 1.165) is 11.3 Å². The molecule has 0 aromatic heterocycles. The molecule has 0 bridgehead atoms. The zero-order chi connectivity index (χ0) is 14.8. The van der Waals surface area contributed by atoms with Gasteiger partial charge in [-0.25, -0.2) is 8.42 Å². The molecule has 1 heterocycles. The monoisotopic (exact) mass is 298 g/mol. The summed E-state index contributed by atoms with van der Waals surface area (Å²) in [7, 11) is -3.39. The summed E-state index contributed by atoms with van der Waals surface area (Å²) in [5, 5.41) is 3.15. The molecule has 1 aromatic carbocycles. The average molecular weight is 298 g/mol. The smallest absolute Gasteiger partial charge is 0.243 e. The van der Waals surface area contributed by atoms with Crippen molar-refractivity contribution in [2.75, 3.05) is 26.2 Å². The molecule has 1 fully saturated rings. The van der Waals surface area contributed by atoms with Crippen LogP contribution in [0.25, 0.3) is 0 Å². The zero-order valence-electron chi connectivity index (χ0n) is 12.2. The first-order chi connectivity index (χ1) is 9.41. The molecule has 6 heteroatoms. The van der Waals surface area contributed by atoms with Gasteiger partial charge < -0.3 is 10.1 Å². The van der Waals surface area contributed by atoms with Gasteiger partial charge in [-0.1, -0.05) is 0 Å². The maximum absolute atomic E-state index is 12.5. The Morgan fingerprint density at radius 3 is 2.45 bits per heavy atom. The van der Waals surface area contributed by atoms with Gasteiger partial charge in [0.05, 0.1) is 11.0 Å². The fourth-order valence-electron chi connectivity index (χ4n) is 2.20. The van der Waals surface area contributed by atoms with Crippen molar-refractivity contribution >= 4 is 10.0 Å². The molecule has 20 heavy (non-hydrogen) atoms. The standard InChI is InChI=1S/C14H22N2O3S/c1-11(2)19-14-5-4-13(10-12(14)3)20(17,18)16-8-6-15-7-9-16/h4-5,10-11,15H,6-9H2,1-3H3. The van der Waals surface area contributed by atoms with Gasteiger partial charge in [0.25, 0.3) is 0 Å². The van der Waals surface area contributed by atoms with Gasteiger partial charge in [0.15, 0.2) is 0 Å². The minimum Gasteiger partial charge on any atom is -0.491 e. The van der Waals surface area contributed by atoms with E-state index in [1.54, 1.807) is 18.2 Å². The lowest BCUT2D eigenvalue weighted by Gasteiger charge is -2.26. The Balaban J connectivity index is 2.26. The number of hydrogen-bond donors (Lipinski definition) is 1. The molecule has 1 N–H and O–H groups in total. The van der Waals surface area contributed by atoms with Crippen LogP contribution in [-0.2, 0) is 10.0 Å². The van der Waals surface area contributed by atoms with Gasteiger partial charge in [0, 0.05) is 26.2 Å². The number of rotatable bonds is 4. The van der Waals surface area contributed by atoms with E-state index in [4.69, 9.17) is 4.74 Å². The second-order valence-electron chi connectivity index (χ2n) is 5.25. The summed E-state index contributed by atoms with van der Waals surface area (Å²) in [5.74, 6) is 0.735. The summed E-state index contributed by atoms with van der Waals surface area (Å²) >= 11 is 0. The van der Waals surface area contributed by atoms with Crippen LogP contribution in [0, 0.1) is 6.92 Å². The van der Waals surface area contributed by atoms with Gasteiger partial charge in [-0.05, 0) is 44.5 Å². The second kappa shape index (κ2) is 6.11. The van der Waals surface area contributed by atoms with Crippen LogP contribution in [-0.4, -0.2) is 45.0 Å². The van der Waals surface area contributed by atoms with Crippen molar-refractivity contribution in [1.82, 2.24) is 9.62 Å². The normalized spacial score (nSPS) is 17.4. The van der Waals surface area contributed by atoms with Crippen molar-refractivity contribution < 1.29 is 13.2 Å². The molecule has 112 valence electrons. The SMILES string of the molecule is Cc1cc(S(=O)(=O)N2CCNCC2)ccc1OC(C)C. The third-order valence-electron chi connectivity index (χ3n) is 3.22.